The van der Waals surface area contributed by atoms with Crippen molar-refractivity contribution in [1.29, 1.82) is 0 Å². The molecule has 0 unspecified atom stereocenters. The molecule has 0 bridgehead atoms. The summed E-state index contributed by atoms with van der Waals surface area (Å²) in [5.41, 5.74) is 1.64. The molecular formula is C15H17N3O2S2. The summed E-state index contributed by atoms with van der Waals surface area (Å²) >= 11 is 1.49. The lowest BCUT2D eigenvalue weighted by molar-refractivity contribution is 0.581. The minimum atomic E-state index is -3.58. The standard InChI is InChI=1S/C15H17N3O2S2/c1-10-15(13-6-4-5-7-14(13)18(10)3)22(19,20)17-9-12-8-16-11(2)21-12/h4-8,17H,9H2,1-3H3. The zero-order valence-corrected chi connectivity index (χ0v) is 14.3. The predicted octanol–water partition coefficient (Wildman–Crippen LogP) is 2.73. The van der Waals surface area contributed by atoms with Gasteiger partial charge in [0.15, 0.2) is 0 Å². The van der Waals surface area contributed by atoms with Crippen molar-refractivity contribution in [3.05, 3.63) is 46.0 Å². The highest BCUT2D eigenvalue weighted by Gasteiger charge is 2.23. The first kappa shape index (κ1) is 15.2. The van der Waals surface area contributed by atoms with Crippen LogP contribution in [0.1, 0.15) is 15.6 Å². The van der Waals surface area contributed by atoms with Gasteiger partial charge in [0, 0.05) is 41.3 Å². The van der Waals surface area contributed by atoms with E-state index in [-0.39, 0.29) is 6.54 Å². The van der Waals surface area contributed by atoms with Crippen molar-refractivity contribution in [2.24, 2.45) is 7.05 Å². The highest BCUT2D eigenvalue weighted by molar-refractivity contribution is 7.89. The van der Waals surface area contributed by atoms with Gasteiger partial charge in [0.2, 0.25) is 10.0 Å². The number of hydrogen-bond acceptors (Lipinski definition) is 4. The number of para-hydroxylation sites is 1. The molecule has 0 saturated carbocycles. The van der Waals surface area contributed by atoms with Crippen LogP contribution in [0.5, 0.6) is 0 Å². The normalized spacial score (nSPS) is 12.1. The van der Waals surface area contributed by atoms with Gasteiger partial charge in [-0.2, -0.15) is 0 Å². The molecule has 2 heterocycles. The van der Waals surface area contributed by atoms with E-state index in [1.54, 1.807) is 6.20 Å². The summed E-state index contributed by atoms with van der Waals surface area (Å²) < 4.78 is 30.0. The van der Waals surface area contributed by atoms with E-state index in [0.29, 0.717) is 4.90 Å². The third-order valence-electron chi connectivity index (χ3n) is 3.72. The second-order valence-corrected chi connectivity index (χ2v) is 8.18. The number of thiazole rings is 1. The van der Waals surface area contributed by atoms with Crippen LogP contribution in [0.15, 0.2) is 35.4 Å². The Labute approximate surface area is 133 Å². The van der Waals surface area contributed by atoms with Gasteiger partial charge in [-0.3, -0.25) is 0 Å². The van der Waals surface area contributed by atoms with Gasteiger partial charge in [-0.25, -0.2) is 18.1 Å². The van der Waals surface area contributed by atoms with Crippen molar-refractivity contribution in [1.82, 2.24) is 14.3 Å². The van der Waals surface area contributed by atoms with Gasteiger partial charge in [0.05, 0.1) is 5.01 Å². The van der Waals surface area contributed by atoms with Crippen molar-refractivity contribution >= 4 is 32.3 Å². The highest BCUT2D eigenvalue weighted by Crippen LogP contribution is 2.28. The number of aromatic nitrogens is 2. The van der Waals surface area contributed by atoms with Gasteiger partial charge in [-0.05, 0) is 19.9 Å². The minimum Gasteiger partial charge on any atom is -0.347 e. The lowest BCUT2D eigenvalue weighted by Crippen LogP contribution is -2.23. The first-order valence-electron chi connectivity index (χ1n) is 6.85. The van der Waals surface area contributed by atoms with Crippen molar-refractivity contribution < 1.29 is 8.42 Å². The fourth-order valence-electron chi connectivity index (χ4n) is 2.55. The molecule has 0 aliphatic rings. The van der Waals surface area contributed by atoms with Crippen molar-refractivity contribution in [3.63, 3.8) is 0 Å². The number of benzene rings is 1. The number of fused-ring (bicyclic) bond motifs is 1. The molecule has 5 nitrogen and oxygen atoms in total. The molecular weight excluding hydrogens is 318 g/mol. The summed E-state index contributed by atoms with van der Waals surface area (Å²) in [6, 6.07) is 7.53. The van der Waals surface area contributed by atoms with Gasteiger partial charge in [0.25, 0.3) is 0 Å². The molecule has 0 spiro atoms. The largest absolute Gasteiger partial charge is 0.347 e. The van der Waals surface area contributed by atoms with Gasteiger partial charge < -0.3 is 4.57 Å². The van der Waals surface area contributed by atoms with Crippen LogP contribution in [-0.4, -0.2) is 18.0 Å². The van der Waals surface area contributed by atoms with E-state index < -0.39 is 10.0 Å². The third-order valence-corrected chi connectivity index (χ3v) is 6.21. The molecule has 2 aromatic heterocycles. The second-order valence-electron chi connectivity index (χ2n) is 5.16. The van der Waals surface area contributed by atoms with Crippen LogP contribution < -0.4 is 4.72 Å². The van der Waals surface area contributed by atoms with E-state index in [1.807, 2.05) is 49.7 Å². The quantitative estimate of drug-likeness (QED) is 0.797. The summed E-state index contributed by atoms with van der Waals surface area (Å²) in [6.45, 7) is 3.99. The van der Waals surface area contributed by atoms with Crippen molar-refractivity contribution in [2.45, 2.75) is 25.3 Å². The molecule has 22 heavy (non-hydrogen) atoms. The Bertz CT molecular complexity index is 939. The summed E-state index contributed by atoms with van der Waals surface area (Å²) in [7, 11) is -1.70. The predicted molar refractivity (Wildman–Crippen MR) is 88.5 cm³/mol. The maximum Gasteiger partial charge on any atom is 0.243 e. The van der Waals surface area contributed by atoms with Crippen LogP contribution in [-0.2, 0) is 23.6 Å². The van der Waals surface area contributed by atoms with E-state index in [4.69, 9.17) is 0 Å². The molecule has 0 aliphatic heterocycles. The number of sulfonamides is 1. The van der Waals surface area contributed by atoms with Gasteiger partial charge in [-0.15, -0.1) is 11.3 Å². The molecule has 0 radical (unpaired) electrons. The maximum absolute atomic E-state index is 12.7. The molecule has 0 atom stereocenters. The number of nitrogens with one attached hydrogen (secondary N) is 1. The molecule has 0 saturated heterocycles. The van der Waals surface area contributed by atoms with Crippen LogP contribution in [0.3, 0.4) is 0 Å². The number of hydrogen-bond donors (Lipinski definition) is 1. The smallest absolute Gasteiger partial charge is 0.243 e. The Balaban J connectivity index is 2.00. The molecule has 3 aromatic rings. The Morgan fingerprint density at radius 2 is 2.00 bits per heavy atom. The Kier molecular flexibility index (Phi) is 3.80. The topological polar surface area (TPSA) is 64.0 Å². The van der Waals surface area contributed by atoms with E-state index >= 15 is 0 Å². The van der Waals surface area contributed by atoms with E-state index in [2.05, 4.69) is 9.71 Å². The SMILES string of the molecule is Cc1ncc(CNS(=O)(=O)c2c(C)n(C)c3ccccc23)s1. The maximum atomic E-state index is 12.7. The molecule has 0 aliphatic carbocycles. The summed E-state index contributed by atoms with van der Waals surface area (Å²) in [5.74, 6) is 0. The van der Waals surface area contributed by atoms with E-state index in [1.165, 1.54) is 11.3 Å². The molecule has 1 N–H and O–H groups in total. The number of nitrogens with zero attached hydrogens (tertiary/aromatic N) is 2. The third kappa shape index (κ3) is 2.55. The van der Waals surface area contributed by atoms with Crippen LogP contribution in [0.25, 0.3) is 10.9 Å². The lowest BCUT2D eigenvalue weighted by Gasteiger charge is -2.06. The summed E-state index contributed by atoms with van der Waals surface area (Å²) in [5, 5.41) is 1.67. The van der Waals surface area contributed by atoms with Crippen molar-refractivity contribution in [2.75, 3.05) is 0 Å². The van der Waals surface area contributed by atoms with Crippen LogP contribution in [0.4, 0.5) is 0 Å². The second kappa shape index (κ2) is 5.49. The Morgan fingerprint density at radius 1 is 1.27 bits per heavy atom. The molecule has 1 aromatic carbocycles. The Morgan fingerprint density at radius 3 is 2.68 bits per heavy atom. The van der Waals surface area contributed by atoms with E-state index in [0.717, 1.165) is 26.5 Å². The van der Waals surface area contributed by atoms with E-state index in [9.17, 15) is 8.42 Å². The zero-order valence-electron chi connectivity index (χ0n) is 12.6. The Hall–Kier alpha value is -1.70. The zero-order chi connectivity index (χ0) is 15.9. The van der Waals surface area contributed by atoms with Gasteiger partial charge >= 0.3 is 0 Å². The van der Waals surface area contributed by atoms with Crippen LogP contribution in [0, 0.1) is 13.8 Å². The van der Waals surface area contributed by atoms with Crippen LogP contribution in [0.2, 0.25) is 0 Å². The molecule has 116 valence electrons. The van der Waals surface area contributed by atoms with Gasteiger partial charge in [-0.1, -0.05) is 18.2 Å². The molecule has 0 fully saturated rings. The molecule has 7 heteroatoms. The van der Waals surface area contributed by atoms with Crippen LogP contribution >= 0.6 is 11.3 Å². The summed E-state index contributed by atoms with van der Waals surface area (Å²) in [6.07, 6.45) is 1.71. The molecule has 3 rings (SSSR count). The number of aryl methyl sites for hydroxylation is 2. The average Bonchev–Trinajstić information content (AvgIpc) is 3.00. The monoisotopic (exact) mass is 335 g/mol. The average molecular weight is 335 g/mol. The molecule has 0 amide bonds. The fourth-order valence-corrected chi connectivity index (χ4v) is 4.85. The van der Waals surface area contributed by atoms with Crippen molar-refractivity contribution in [3.8, 4) is 0 Å². The summed E-state index contributed by atoms with van der Waals surface area (Å²) in [4.78, 5) is 5.40. The fraction of sp³-hybridized carbons (Fsp3) is 0.267. The van der Waals surface area contributed by atoms with Gasteiger partial charge in [0.1, 0.15) is 4.90 Å². The lowest BCUT2D eigenvalue weighted by atomic mass is 10.2. The number of rotatable bonds is 4. The highest BCUT2D eigenvalue weighted by atomic mass is 32.2. The first-order chi connectivity index (χ1) is 10.4. The first-order valence-corrected chi connectivity index (χ1v) is 9.15. The minimum absolute atomic E-state index is 0.260.